The van der Waals surface area contributed by atoms with Crippen molar-refractivity contribution in [3.63, 3.8) is 0 Å². The Bertz CT molecular complexity index is 690. The lowest BCUT2D eigenvalue weighted by atomic mass is 9.98. The van der Waals surface area contributed by atoms with Crippen molar-refractivity contribution in [1.82, 2.24) is 9.80 Å². The highest BCUT2D eigenvalue weighted by Gasteiger charge is 2.27. The van der Waals surface area contributed by atoms with Crippen molar-refractivity contribution in [3.8, 4) is 5.75 Å². The molecule has 0 unspecified atom stereocenters. The molecule has 0 saturated carbocycles. The lowest BCUT2D eigenvalue weighted by Crippen LogP contribution is -2.41. The Morgan fingerprint density at radius 3 is 2.40 bits per heavy atom. The molecule has 0 saturated heterocycles. The molecule has 2 rings (SSSR count). The van der Waals surface area contributed by atoms with Crippen LogP contribution in [0.3, 0.4) is 0 Å². The van der Waals surface area contributed by atoms with E-state index in [9.17, 15) is 4.79 Å². The molecular formula is C20H26N2O3. The van der Waals surface area contributed by atoms with Gasteiger partial charge in [0.25, 0.3) is 0 Å². The van der Waals surface area contributed by atoms with Gasteiger partial charge < -0.3 is 19.0 Å². The number of hydrogen-bond acceptors (Lipinski definition) is 3. The summed E-state index contributed by atoms with van der Waals surface area (Å²) in [6, 6.07) is 11.3. The highest BCUT2D eigenvalue weighted by molar-refractivity contribution is 5.74. The van der Waals surface area contributed by atoms with Gasteiger partial charge in [0.15, 0.2) is 0 Å². The second-order valence-corrected chi connectivity index (χ2v) is 6.33. The number of furan rings is 1. The molecule has 0 spiro atoms. The molecule has 1 atom stereocenters. The van der Waals surface area contributed by atoms with Gasteiger partial charge in [-0.3, -0.25) is 0 Å². The second-order valence-electron chi connectivity index (χ2n) is 6.33. The highest BCUT2D eigenvalue weighted by Crippen LogP contribution is 2.31. The molecule has 0 radical (unpaired) electrons. The third kappa shape index (κ3) is 4.89. The van der Waals surface area contributed by atoms with Gasteiger partial charge in [-0.25, -0.2) is 4.79 Å². The second kappa shape index (κ2) is 8.42. The van der Waals surface area contributed by atoms with E-state index in [1.807, 2.05) is 48.2 Å². The average Bonchev–Trinajstić information content (AvgIpc) is 3.10. The largest absolute Gasteiger partial charge is 0.497 e. The number of rotatable bonds is 7. The van der Waals surface area contributed by atoms with Crippen LogP contribution in [-0.2, 0) is 6.54 Å². The zero-order valence-electron chi connectivity index (χ0n) is 15.4. The van der Waals surface area contributed by atoms with Crippen LogP contribution in [-0.4, -0.2) is 37.0 Å². The van der Waals surface area contributed by atoms with Crippen LogP contribution in [0, 0.1) is 0 Å². The zero-order valence-corrected chi connectivity index (χ0v) is 15.4. The van der Waals surface area contributed by atoms with Crippen LogP contribution in [0.5, 0.6) is 5.75 Å². The Balaban J connectivity index is 2.39. The Kier molecular flexibility index (Phi) is 6.28. The zero-order chi connectivity index (χ0) is 18.4. The summed E-state index contributed by atoms with van der Waals surface area (Å²) >= 11 is 0. The average molecular weight is 342 g/mol. The number of hydrogen-bond donors (Lipinski definition) is 0. The molecule has 0 aliphatic rings. The van der Waals surface area contributed by atoms with E-state index in [-0.39, 0.29) is 12.1 Å². The van der Waals surface area contributed by atoms with Crippen molar-refractivity contribution in [1.29, 1.82) is 0 Å². The van der Waals surface area contributed by atoms with Crippen molar-refractivity contribution < 1.29 is 13.9 Å². The van der Waals surface area contributed by atoms with Crippen molar-refractivity contribution in [2.75, 3.05) is 21.2 Å². The molecule has 5 heteroatoms. The first kappa shape index (κ1) is 18.6. The monoisotopic (exact) mass is 342 g/mol. The Labute approximate surface area is 149 Å². The Hall–Kier alpha value is -2.69. The van der Waals surface area contributed by atoms with Gasteiger partial charge in [-0.15, -0.1) is 6.58 Å². The van der Waals surface area contributed by atoms with E-state index in [0.29, 0.717) is 13.0 Å². The molecule has 1 heterocycles. The minimum atomic E-state index is -0.136. The standard InChI is InChI=1S/C20H26N2O3/c1-15(2)13-19(16-8-10-17(24-5)11-9-16)22(20(23)21(3)4)14-18-7-6-12-25-18/h6-12,19H,1,13-14H2,2-5H3/t19-/m0/s1. The smallest absolute Gasteiger partial charge is 0.320 e. The molecule has 1 aromatic carbocycles. The maximum atomic E-state index is 12.8. The van der Waals surface area contributed by atoms with Crippen LogP contribution in [0.15, 0.2) is 59.2 Å². The fourth-order valence-electron chi connectivity index (χ4n) is 2.70. The molecule has 25 heavy (non-hydrogen) atoms. The number of methoxy groups -OCH3 is 1. The van der Waals surface area contributed by atoms with E-state index in [2.05, 4.69) is 6.58 Å². The SMILES string of the molecule is C=C(C)C[C@@H](c1ccc(OC)cc1)N(Cc1ccco1)C(=O)N(C)C. The number of amides is 2. The van der Waals surface area contributed by atoms with Gasteiger partial charge in [0, 0.05) is 14.1 Å². The number of urea groups is 1. The van der Waals surface area contributed by atoms with Gasteiger partial charge in [0.1, 0.15) is 11.5 Å². The molecule has 2 aromatic rings. The fourth-order valence-corrected chi connectivity index (χ4v) is 2.70. The minimum absolute atomic E-state index is 0.0709. The van der Waals surface area contributed by atoms with Crippen LogP contribution >= 0.6 is 0 Å². The third-order valence-corrected chi connectivity index (χ3v) is 3.95. The summed E-state index contributed by atoms with van der Waals surface area (Å²) in [5.74, 6) is 1.53. The van der Waals surface area contributed by atoms with Crippen molar-refractivity contribution in [2.24, 2.45) is 0 Å². The molecular weight excluding hydrogens is 316 g/mol. The lowest BCUT2D eigenvalue weighted by molar-refractivity contribution is 0.139. The normalized spacial score (nSPS) is 11.7. The first-order valence-corrected chi connectivity index (χ1v) is 8.21. The Morgan fingerprint density at radius 1 is 1.24 bits per heavy atom. The third-order valence-electron chi connectivity index (χ3n) is 3.95. The van der Waals surface area contributed by atoms with E-state index in [4.69, 9.17) is 9.15 Å². The first-order chi connectivity index (χ1) is 11.9. The molecule has 0 aliphatic carbocycles. The molecule has 0 N–H and O–H groups in total. The summed E-state index contributed by atoms with van der Waals surface area (Å²) in [6.07, 6.45) is 2.29. The molecule has 2 amide bonds. The van der Waals surface area contributed by atoms with E-state index in [1.165, 1.54) is 0 Å². The quantitative estimate of drug-likeness (QED) is 0.697. The summed E-state index contributed by atoms with van der Waals surface area (Å²) in [4.78, 5) is 16.2. The van der Waals surface area contributed by atoms with Gasteiger partial charge >= 0.3 is 6.03 Å². The summed E-state index contributed by atoms with van der Waals surface area (Å²) < 4.78 is 10.7. The van der Waals surface area contributed by atoms with E-state index < -0.39 is 0 Å². The predicted octanol–water partition coefficient (Wildman–Crippen LogP) is 4.48. The van der Waals surface area contributed by atoms with Gasteiger partial charge in [0.2, 0.25) is 0 Å². The van der Waals surface area contributed by atoms with Crippen molar-refractivity contribution >= 4 is 6.03 Å². The topological polar surface area (TPSA) is 45.9 Å². The maximum absolute atomic E-state index is 12.8. The highest BCUT2D eigenvalue weighted by atomic mass is 16.5. The summed E-state index contributed by atoms with van der Waals surface area (Å²) in [5.41, 5.74) is 2.04. The van der Waals surface area contributed by atoms with E-state index in [1.54, 1.807) is 32.4 Å². The fraction of sp³-hybridized carbons (Fsp3) is 0.350. The molecule has 0 bridgehead atoms. The lowest BCUT2D eigenvalue weighted by Gasteiger charge is -2.34. The molecule has 134 valence electrons. The van der Waals surface area contributed by atoms with Crippen LogP contribution in [0.2, 0.25) is 0 Å². The van der Waals surface area contributed by atoms with Crippen molar-refractivity contribution in [2.45, 2.75) is 25.9 Å². The van der Waals surface area contributed by atoms with Gasteiger partial charge in [0.05, 0.1) is 26.0 Å². The van der Waals surface area contributed by atoms with Gasteiger partial charge in [-0.05, 0) is 43.2 Å². The predicted molar refractivity (Wildman–Crippen MR) is 98.5 cm³/mol. The summed E-state index contributed by atoms with van der Waals surface area (Å²) in [6.45, 7) is 6.41. The Morgan fingerprint density at radius 2 is 1.92 bits per heavy atom. The maximum Gasteiger partial charge on any atom is 0.320 e. The molecule has 5 nitrogen and oxygen atoms in total. The molecule has 0 aliphatic heterocycles. The van der Waals surface area contributed by atoms with Crippen LogP contribution in [0.4, 0.5) is 4.79 Å². The molecule has 0 fully saturated rings. The van der Waals surface area contributed by atoms with Crippen molar-refractivity contribution in [3.05, 3.63) is 66.1 Å². The molecule has 1 aromatic heterocycles. The van der Waals surface area contributed by atoms with Gasteiger partial charge in [-0.2, -0.15) is 0 Å². The minimum Gasteiger partial charge on any atom is -0.497 e. The first-order valence-electron chi connectivity index (χ1n) is 8.21. The number of carbonyl (C=O) groups is 1. The summed E-state index contributed by atoms with van der Waals surface area (Å²) in [7, 11) is 5.14. The number of benzene rings is 1. The number of carbonyl (C=O) groups excluding carboxylic acids is 1. The van der Waals surface area contributed by atoms with Gasteiger partial charge in [-0.1, -0.05) is 17.7 Å². The van der Waals surface area contributed by atoms with Crippen LogP contribution in [0.25, 0.3) is 0 Å². The van der Waals surface area contributed by atoms with Crippen LogP contribution < -0.4 is 4.74 Å². The van der Waals surface area contributed by atoms with E-state index in [0.717, 1.165) is 22.6 Å². The summed E-state index contributed by atoms with van der Waals surface area (Å²) in [5, 5.41) is 0. The van der Waals surface area contributed by atoms with Crippen LogP contribution in [0.1, 0.15) is 30.7 Å². The number of nitrogens with zero attached hydrogens (tertiary/aromatic N) is 2. The van der Waals surface area contributed by atoms with E-state index >= 15 is 0 Å². The number of ether oxygens (including phenoxy) is 1.